The van der Waals surface area contributed by atoms with Crippen molar-refractivity contribution in [2.45, 2.75) is 13.8 Å². The van der Waals surface area contributed by atoms with E-state index in [-0.39, 0.29) is 5.91 Å². The van der Waals surface area contributed by atoms with Crippen molar-refractivity contribution < 1.29 is 9.21 Å². The lowest BCUT2D eigenvalue weighted by Gasteiger charge is -2.13. The van der Waals surface area contributed by atoms with Gasteiger partial charge in [0.1, 0.15) is 5.76 Å². The highest BCUT2D eigenvalue weighted by atomic mass is 79.9. The van der Waals surface area contributed by atoms with Gasteiger partial charge in [0.05, 0.1) is 11.3 Å². The van der Waals surface area contributed by atoms with Gasteiger partial charge in [-0.15, -0.1) is 0 Å². The van der Waals surface area contributed by atoms with E-state index >= 15 is 0 Å². The number of amides is 1. The molecule has 0 spiro atoms. The average molecular weight is 323 g/mol. The Morgan fingerprint density at radius 3 is 2.53 bits per heavy atom. The molecule has 0 N–H and O–H groups in total. The summed E-state index contributed by atoms with van der Waals surface area (Å²) in [7, 11) is 3.44. The van der Waals surface area contributed by atoms with Crippen LogP contribution in [0.4, 0.5) is 0 Å². The van der Waals surface area contributed by atoms with Gasteiger partial charge in [-0.05, 0) is 32.0 Å². The monoisotopic (exact) mass is 322 g/mol. The molecular formula is C14H15BrN2O2. The summed E-state index contributed by atoms with van der Waals surface area (Å²) in [5.74, 6) is 1.17. The van der Waals surface area contributed by atoms with Gasteiger partial charge in [0, 0.05) is 24.1 Å². The lowest BCUT2D eigenvalue weighted by atomic mass is 10.1. The highest BCUT2D eigenvalue weighted by Crippen LogP contribution is 2.28. The zero-order valence-electron chi connectivity index (χ0n) is 11.3. The Labute approximate surface area is 120 Å². The van der Waals surface area contributed by atoms with Gasteiger partial charge in [-0.25, -0.2) is 4.98 Å². The van der Waals surface area contributed by atoms with Gasteiger partial charge in [0.25, 0.3) is 5.91 Å². The minimum absolute atomic E-state index is 0.0789. The zero-order valence-corrected chi connectivity index (χ0v) is 12.9. The Balaban J connectivity index is 2.60. The van der Waals surface area contributed by atoms with E-state index in [9.17, 15) is 4.79 Å². The van der Waals surface area contributed by atoms with E-state index in [4.69, 9.17) is 4.42 Å². The smallest absolute Gasteiger partial charge is 0.254 e. The molecule has 19 heavy (non-hydrogen) atoms. The summed E-state index contributed by atoms with van der Waals surface area (Å²) in [5, 5.41) is 0. The SMILES string of the molecule is Cc1nc(-c2ccc(Br)cc2C(=O)N(C)C)oc1C. The number of carbonyl (C=O) groups excluding carboxylic acids is 1. The number of benzene rings is 1. The van der Waals surface area contributed by atoms with Crippen molar-refractivity contribution in [3.8, 4) is 11.5 Å². The number of rotatable bonds is 2. The summed E-state index contributed by atoms with van der Waals surface area (Å²) in [6.07, 6.45) is 0. The minimum Gasteiger partial charge on any atom is -0.441 e. The minimum atomic E-state index is -0.0789. The fourth-order valence-electron chi connectivity index (χ4n) is 1.71. The summed E-state index contributed by atoms with van der Waals surface area (Å²) < 4.78 is 6.46. The van der Waals surface area contributed by atoms with Crippen LogP contribution in [0.3, 0.4) is 0 Å². The van der Waals surface area contributed by atoms with Crippen molar-refractivity contribution in [2.24, 2.45) is 0 Å². The van der Waals surface area contributed by atoms with E-state index in [1.54, 1.807) is 20.2 Å². The molecule has 1 aromatic carbocycles. The molecule has 2 rings (SSSR count). The van der Waals surface area contributed by atoms with Crippen LogP contribution in [0.1, 0.15) is 21.8 Å². The molecule has 1 heterocycles. The first-order chi connectivity index (χ1) is 8.90. The fraction of sp³-hybridized carbons (Fsp3) is 0.286. The Morgan fingerprint density at radius 2 is 2.00 bits per heavy atom. The van der Waals surface area contributed by atoms with Crippen LogP contribution < -0.4 is 0 Å². The van der Waals surface area contributed by atoms with E-state index in [2.05, 4.69) is 20.9 Å². The van der Waals surface area contributed by atoms with Crippen LogP contribution in [-0.4, -0.2) is 29.9 Å². The van der Waals surface area contributed by atoms with Gasteiger partial charge in [-0.2, -0.15) is 0 Å². The molecule has 0 aliphatic rings. The predicted octanol–water partition coefficient (Wildman–Crippen LogP) is 3.42. The molecule has 0 atom stereocenters. The van der Waals surface area contributed by atoms with Gasteiger partial charge in [0.2, 0.25) is 5.89 Å². The molecule has 0 saturated heterocycles. The molecule has 100 valence electrons. The summed E-state index contributed by atoms with van der Waals surface area (Å²) in [6.45, 7) is 3.74. The highest BCUT2D eigenvalue weighted by molar-refractivity contribution is 9.10. The highest BCUT2D eigenvalue weighted by Gasteiger charge is 2.19. The molecule has 0 bridgehead atoms. The molecule has 2 aromatic rings. The van der Waals surface area contributed by atoms with Crippen LogP contribution in [0.15, 0.2) is 27.1 Å². The second kappa shape index (κ2) is 5.17. The number of oxazole rings is 1. The van der Waals surface area contributed by atoms with Crippen molar-refractivity contribution in [2.75, 3.05) is 14.1 Å². The molecule has 0 unspecified atom stereocenters. The molecule has 5 heteroatoms. The Hall–Kier alpha value is -1.62. The Bertz CT molecular complexity index is 613. The average Bonchev–Trinajstić information content (AvgIpc) is 2.68. The van der Waals surface area contributed by atoms with Crippen LogP contribution in [0.25, 0.3) is 11.5 Å². The van der Waals surface area contributed by atoms with Gasteiger partial charge >= 0.3 is 0 Å². The van der Waals surface area contributed by atoms with Crippen LogP contribution in [0, 0.1) is 13.8 Å². The van der Waals surface area contributed by atoms with Crippen molar-refractivity contribution in [3.63, 3.8) is 0 Å². The van der Waals surface area contributed by atoms with E-state index < -0.39 is 0 Å². The molecule has 1 aromatic heterocycles. The van der Waals surface area contributed by atoms with Crippen molar-refractivity contribution in [1.29, 1.82) is 0 Å². The Kier molecular flexibility index (Phi) is 3.75. The van der Waals surface area contributed by atoms with Crippen molar-refractivity contribution in [3.05, 3.63) is 39.7 Å². The van der Waals surface area contributed by atoms with E-state index in [0.29, 0.717) is 17.0 Å². The van der Waals surface area contributed by atoms with E-state index in [1.807, 2.05) is 26.0 Å². The summed E-state index contributed by atoms with van der Waals surface area (Å²) in [6, 6.07) is 5.49. The molecular weight excluding hydrogens is 308 g/mol. The van der Waals surface area contributed by atoms with Gasteiger partial charge in [-0.1, -0.05) is 15.9 Å². The zero-order chi connectivity index (χ0) is 14.2. The van der Waals surface area contributed by atoms with Gasteiger partial charge in [0.15, 0.2) is 0 Å². The maximum atomic E-state index is 12.2. The first kappa shape index (κ1) is 13.8. The maximum Gasteiger partial charge on any atom is 0.254 e. The number of nitrogens with zero attached hydrogens (tertiary/aromatic N) is 2. The summed E-state index contributed by atoms with van der Waals surface area (Å²) in [4.78, 5) is 18.1. The maximum absolute atomic E-state index is 12.2. The fourth-order valence-corrected chi connectivity index (χ4v) is 2.07. The van der Waals surface area contributed by atoms with E-state index in [0.717, 1.165) is 15.9 Å². The lowest BCUT2D eigenvalue weighted by Crippen LogP contribution is -2.22. The summed E-state index contributed by atoms with van der Waals surface area (Å²) in [5.41, 5.74) is 2.11. The third-order valence-corrected chi connectivity index (χ3v) is 3.37. The first-order valence-corrected chi connectivity index (χ1v) is 6.65. The van der Waals surface area contributed by atoms with Crippen molar-refractivity contribution in [1.82, 2.24) is 9.88 Å². The van der Waals surface area contributed by atoms with Crippen molar-refractivity contribution >= 4 is 21.8 Å². The predicted molar refractivity (Wildman–Crippen MR) is 77.1 cm³/mol. The molecule has 0 aliphatic heterocycles. The lowest BCUT2D eigenvalue weighted by molar-refractivity contribution is 0.0828. The molecule has 4 nitrogen and oxygen atoms in total. The molecule has 0 radical (unpaired) electrons. The third kappa shape index (κ3) is 2.71. The second-order valence-corrected chi connectivity index (χ2v) is 5.47. The largest absolute Gasteiger partial charge is 0.441 e. The number of aromatic nitrogens is 1. The van der Waals surface area contributed by atoms with E-state index in [1.165, 1.54) is 4.90 Å². The van der Waals surface area contributed by atoms with Crippen LogP contribution in [0.2, 0.25) is 0 Å². The van der Waals surface area contributed by atoms with Crippen LogP contribution >= 0.6 is 15.9 Å². The normalized spacial score (nSPS) is 10.6. The number of halogens is 1. The third-order valence-electron chi connectivity index (χ3n) is 2.88. The quantitative estimate of drug-likeness (QED) is 0.851. The number of aryl methyl sites for hydroxylation is 2. The Morgan fingerprint density at radius 1 is 1.32 bits per heavy atom. The first-order valence-electron chi connectivity index (χ1n) is 5.85. The molecule has 0 saturated carbocycles. The number of hydrogen-bond acceptors (Lipinski definition) is 3. The molecule has 0 fully saturated rings. The molecule has 1 amide bonds. The number of hydrogen-bond donors (Lipinski definition) is 0. The molecule has 0 aliphatic carbocycles. The van der Waals surface area contributed by atoms with Crippen LogP contribution in [-0.2, 0) is 0 Å². The topological polar surface area (TPSA) is 46.3 Å². The van der Waals surface area contributed by atoms with Crippen LogP contribution in [0.5, 0.6) is 0 Å². The second-order valence-electron chi connectivity index (χ2n) is 4.55. The van der Waals surface area contributed by atoms with Gasteiger partial charge in [-0.3, -0.25) is 4.79 Å². The number of carbonyl (C=O) groups is 1. The standard InChI is InChI=1S/C14H15BrN2O2/c1-8-9(2)19-13(16-8)11-6-5-10(15)7-12(11)14(18)17(3)4/h5-7H,1-4H3. The summed E-state index contributed by atoms with van der Waals surface area (Å²) >= 11 is 3.38. The van der Waals surface area contributed by atoms with Gasteiger partial charge < -0.3 is 9.32 Å².